The van der Waals surface area contributed by atoms with Gasteiger partial charge >= 0.3 is 0 Å². The molecule has 2 aromatic carbocycles. The fourth-order valence-electron chi connectivity index (χ4n) is 1.58. The highest BCUT2D eigenvalue weighted by atomic mass is 79.9. The van der Waals surface area contributed by atoms with E-state index >= 15 is 0 Å². The van der Waals surface area contributed by atoms with Crippen molar-refractivity contribution in [1.29, 1.82) is 0 Å². The van der Waals surface area contributed by atoms with Gasteiger partial charge in [-0.25, -0.2) is 0 Å². The molecule has 0 aromatic heterocycles. The molecule has 0 atom stereocenters. The lowest BCUT2D eigenvalue weighted by atomic mass is 10.2. The number of aromatic hydroxyl groups is 2. The lowest BCUT2D eigenvalue weighted by Crippen LogP contribution is -1.95. The zero-order valence-electron chi connectivity index (χ0n) is 9.64. The van der Waals surface area contributed by atoms with Crippen LogP contribution in [0.5, 0.6) is 17.2 Å². The summed E-state index contributed by atoms with van der Waals surface area (Å²) in [4.78, 5) is 0. The van der Waals surface area contributed by atoms with Crippen LogP contribution in [0.4, 0.5) is 0 Å². The molecule has 2 aromatic rings. The summed E-state index contributed by atoms with van der Waals surface area (Å²) in [7, 11) is 0. The van der Waals surface area contributed by atoms with Crippen molar-refractivity contribution in [2.24, 2.45) is 0 Å². The predicted molar refractivity (Wildman–Crippen MR) is 73.2 cm³/mol. The molecule has 0 heterocycles. The number of ether oxygens (including phenoxy) is 1. The number of phenolic OH excluding ortho intramolecular Hbond substituents is 2. The summed E-state index contributed by atoms with van der Waals surface area (Å²) in [5.41, 5.74) is 1.64. The minimum absolute atomic E-state index is 0.112. The van der Waals surface area contributed by atoms with Crippen LogP contribution in [0, 0.1) is 0 Å². The highest BCUT2D eigenvalue weighted by Gasteiger charge is 2.09. The number of benzene rings is 2. The van der Waals surface area contributed by atoms with Crippen LogP contribution in [0.1, 0.15) is 11.1 Å². The summed E-state index contributed by atoms with van der Waals surface area (Å²) in [6.07, 6.45) is 0. The lowest BCUT2D eigenvalue weighted by molar-refractivity contribution is 0.302. The minimum Gasteiger partial charge on any atom is -0.504 e. The first-order chi connectivity index (χ1) is 8.70. The Bertz CT molecular complexity index is 526. The van der Waals surface area contributed by atoms with Crippen LogP contribution in [0.15, 0.2) is 42.5 Å². The zero-order valence-corrected chi connectivity index (χ0v) is 11.2. The highest BCUT2D eigenvalue weighted by Crippen LogP contribution is 2.35. The van der Waals surface area contributed by atoms with Crippen LogP contribution in [0.25, 0.3) is 0 Å². The molecule has 0 aliphatic carbocycles. The van der Waals surface area contributed by atoms with Crippen LogP contribution in [-0.2, 0) is 11.9 Å². The van der Waals surface area contributed by atoms with Crippen molar-refractivity contribution in [2.75, 3.05) is 0 Å². The van der Waals surface area contributed by atoms with Gasteiger partial charge in [0.25, 0.3) is 0 Å². The van der Waals surface area contributed by atoms with E-state index < -0.39 is 0 Å². The first-order valence-corrected chi connectivity index (χ1v) is 6.60. The van der Waals surface area contributed by atoms with Crippen LogP contribution in [0.2, 0.25) is 0 Å². The van der Waals surface area contributed by atoms with Gasteiger partial charge in [0.2, 0.25) is 0 Å². The van der Waals surface area contributed by atoms with E-state index in [1.54, 1.807) is 6.07 Å². The van der Waals surface area contributed by atoms with E-state index in [4.69, 9.17) is 4.74 Å². The fraction of sp³-hybridized carbons (Fsp3) is 0.143. The molecule has 4 heteroatoms. The Morgan fingerprint density at radius 1 is 1.06 bits per heavy atom. The van der Waals surface area contributed by atoms with Gasteiger partial charge in [0.1, 0.15) is 12.4 Å². The largest absolute Gasteiger partial charge is 0.504 e. The molecule has 0 spiro atoms. The molecule has 94 valence electrons. The van der Waals surface area contributed by atoms with Crippen molar-refractivity contribution < 1.29 is 14.9 Å². The number of halogens is 1. The third-order valence-electron chi connectivity index (χ3n) is 2.53. The molecule has 2 N–H and O–H groups in total. The average Bonchev–Trinajstić information content (AvgIpc) is 2.41. The maximum absolute atomic E-state index is 9.57. The summed E-state index contributed by atoms with van der Waals surface area (Å²) in [6, 6.07) is 12.9. The predicted octanol–water partition coefficient (Wildman–Crippen LogP) is 3.57. The normalized spacial score (nSPS) is 10.3. The smallest absolute Gasteiger partial charge is 0.161 e. The molecule has 0 radical (unpaired) electrons. The Morgan fingerprint density at radius 3 is 2.44 bits per heavy atom. The molecular formula is C14H13BrO3. The van der Waals surface area contributed by atoms with Gasteiger partial charge in [0.05, 0.1) is 0 Å². The molecule has 0 amide bonds. The van der Waals surface area contributed by atoms with Crippen LogP contribution < -0.4 is 4.74 Å². The number of hydrogen-bond donors (Lipinski definition) is 2. The van der Waals surface area contributed by atoms with Gasteiger partial charge in [-0.1, -0.05) is 46.3 Å². The first kappa shape index (κ1) is 12.8. The third kappa shape index (κ3) is 2.96. The second kappa shape index (κ2) is 5.78. The van der Waals surface area contributed by atoms with Gasteiger partial charge < -0.3 is 14.9 Å². The number of alkyl halides is 1. The Hall–Kier alpha value is -1.68. The summed E-state index contributed by atoms with van der Waals surface area (Å²) in [6.45, 7) is 0.423. The third-order valence-corrected chi connectivity index (χ3v) is 3.14. The van der Waals surface area contributed by atoms with Crippen LogP contribution >= 0.6 is 15.9 Å². The van der Waals surface area contributed by atoms with Crippen molar-refractivity contribution in [1.82, 2.24) is 0 Å². The highest BCUT2D eigenvalue weighted by molar-refractivity contribution is 9.08. The van der Waals surface area contributed by atoms with Gasteiger partial charge in [0.15, 0.2) is 11.5 Å². The molecule has 0 aliphatic rings. The van der Waals surface area contributed by atoms with Crippen molar-refractivity contribution in [3.63, 3.8) is 0 Å². The summed E-state index contributed by atoms with van der Waals surface area (Å²) in [5.74, 6) is 0.248. The summed E-state index contributed by atoms with van der Waals surface area (Å²) in [5, 5.41) is 19.6. The van der Waals surface area contributed by atoms with E-state index in [2.05, 4.69) is 15.9 Å². The molecule has 0 fully saturated rings. The van der Waals surface area contributed by atoms with Gasteiger partial charge in [-0.15, -0.1) is 0 Å². The monoisotopic (exact) mass is 308 g/mol. The SMILES string of the molecule is Oc1cc(OCc2ccccc2)cc(CBr)c1O. The Labute approximate surface area is 114 Å². The van der Waals surface area contributed by atoms with Crippen molar-refractivity contribution in [2.45, 2.75) is 11.9 Å². The molecule has 0 bridgehead atoms. The maximum atomic E-state index is 9.57. The summed E-state index contributed by atoms with van der Waals surface area (Å²) >= 11 is 3.25. The van der Waals surface area contributed by atoms with Crippen molar-refractivity contribution in [3.8, 4) is 17.2 Å². The second-order valence-corrected chi connectivity index (χ2v) is 4.42. The molecule has 2 rings (SSSR count). The Morgan fingerprint density at radius 2 is 1.78 bits per heavy atom. The van der Waals surface area contributed by atoms with Crippen molar-refractivity contribution >= 4 is 15.9 Å². The Balaban J connectivity index is 2.13. The first-order valence-electron chi connectivity index (χ1n) is 5.48. The molecule has 0 saturated carbocycles. The lowest BCUT2D eigenvalue weighted by Gasteiger charge is -2.10. The maximum Gasteiger partial charge on any atom is 0.161 e. The van der Waals surface area contributed by atoms with E-state index in [0.717, 1.165) is 5.56 Å². The number of hydrogen-bond acceptors (Lipinski definition) is 3. The van der Waals surface area contributed by atoms with Crippen LogP contribution in [0.3, 0.4) is 0 Å². The second-order valence-electron chi connectivity index (χ2n) is 3.86. The minimum atomic E-state index is -0.171. The van der Waals surface area contributed by atoms with Gasteiger partial charge in [-0.3, -0.25) is 0 Å². The van der Waals surface area contributed by atoms with Crippen molar-refractivity contribution in [3.05, 3.63) is 53.6 Å². The van der Waals surface area contributed by atoms with E-state index in [-0.39, 0.29) is 11.5 Å². The fourth-order valence-corrected chi connectivity index (χ4v) is 2.00. The molecule has 0 unspecified atom stereocenters. The van der Waals surface area contributed by atoms with Gasteiger partial charge in [0, 0.05) is 17.0 Å². The molecule has 0 aliphatic heterocycles. The van der Waals surface area contributed by atoms with Crippen LogP contribution in [-0.4, -0.2) is 10.2 Å². The topological polar surface area (TPSA) is 49.7 Å². The molecule has 3 nitrogen and oxygen atoms in total. The quantitative estimate of drug-likeness (QED) is 0.670. The van der Waals surface area contributed by atoms with E-state index in [1.165, 1.54) is 6.07 Å². The molecule has 0 saturated heterocycles. The number of rotatable bonds is 4. The van der Waals surface area contributed by atoms with Gasteiger partial charge in [-0.2, -0.15) is 0 Å². The molecular weight excluding hydrogens is 296 g/mol. The molecule has 18 heavy (non-hydrogen) atoms. The number of phenols is 2. The van der Waals surface area contributed by atoms with E-state index in [1.807, 2.05) is 30.3 Å². The standard InChI is InChI=1S/C14H13BrO3/c15-8-11-6-12(7-13(16)14(11)17)18-9-10-4-2-1-3-5-10/h1-7,16-17H,8-9H2. The van der Waals surface area contributed by atoms with E-state index in [9.17, 15) is 10.2 Å². The zero-order chi connectivity index (χ0) is 13.0. The average molecular weight is 309 g/mol. The Kier molecular flexibility index (Phi) is 4.10. The van der Waals surface area contributed by atoms with Gasteiger partial charge in [-0.05, 0) is 11.6 Å². The van der Waals surface area contributed by atoms with E-state index in [0.29, 0.717) is 23.2 Å². The summed E-state index contributed by atoms with van der Waals surface area (Å²) < 4.78 is 5.58.